The van der Waals surface area contributed by atoms with E-state index in [0.29, 0.717) is 36.8 Å². The highest BCUT2D eigenvalue weighted by molar-refractivity contribution is 5.92. The van der Waals surface area contributed by atoms with Gasteiger partial charge in [-0.1, -0.05) is 11.6 Å². The third kappa shape index (κ3) is 3.05. The maximum atomic E-state index is 13.0. The number of hydrogen-bond donors (Lipinski definition) is 2. The molecule has 0 unspecified atom stereocenters. The Kier molecular flexibility index (Phi) is 4.22. The van der Waals surface area contributed by atoms with Gasteiger partial charge in [0.05, 0.1) is 17.9 Å². The molecule has 2 saturated carbocycles. The third-order valence-corrected chi connectivity index (χ3v) is 6.59. The number of carbonyl (C=O) groups excluding carboxylic acids is 1. The maximum Gasteiger partial charge on any atom is 0.276 e. The van der Waals surface area contributed by atoms with Crippen molar-refractivity contribution in [2.75, 3.05) is 6.54 Å². The molecule has 27 heavy (non-hydrogen) atoms. The highest BCUT2D eigenvalue weighted by Gasteiger charge is 2.32. The Hall–Kier alpha value is -2.22. The number of aromatic nitrogens is 5. The van der Waals surface area contributed by atoms with E-state index in [9.17, 15) is 4.79 Å². The normalized spacial score (nSPS) is 25.9. The summed E-state index contributed by atoms with van der Waals surface area (Å²) in [5.74, 6) is 0.541. The number of rotatable bonds is 3. The topological polar surface area (TPSA) is 106 Å². The van der Waals surface area contributed by atoms with Gasteiger partial charge in [-0.05, 0) is 38.5 Å². The molecular weight excluding hydrogens is 342 g/mol. The molecule has 2 aromatic heterocycles. The van der Waals surface area contributed by atoms with Crippen LogP contribution in [0.2, 0.25) is 0 Å². The molecule has 0 aromatic carbocycles. The predicted molar refractivity (Wildman–Crippen MR) is 99.1 cm³/mol. The van der Waals surface area contributed by atoms with Crippen molar-refractivity contribution < 1.29 is 4.79 Å². The largest absolute Gasteiger partial charge is 0.332 e. The summed E-state index contributed by atoms with van der Waals surface area (Å²) in [6.07, 6.45) is 10.4. The molecule has 2 fully saturated rings. The Labute approximate surface area is 158 Å². The fourth-order valence-corrected chi connectivity index (χ4v) is 4.59. The smallest absolute Gasteiger partial charge is 0.276 e. The minimum Gasteiger partial charge on any atom is -0.332 e. The van der Waals surface area contributed by atoms with E-state index in [0.717, 1.165) is 32.1 Å². The zero-order valence-corrected chi connectivity index (χ0v) is 15.6. The van der Waals surface area contributed by atoms with Crippen LogP contribution < -0.4 is 5.73 Å². The first-order valence-corrected chi connectivity index (χ1v) is 10.2. The van der Waals surface area contributed by atoms with E-state index in [-0.39, 0.29) is 5.91 Å². The summed E-state index contributed by atoms with van der Waals surface area (Å²) >= 11 is 0. The van der Waals surface area contributed by atoms with Gasteiger partial charge in [0, 0.05) is 42.7 Å². The Morgan fingerprint density at radius 2 is 2.00 bits per heavy atom. The van der Waals surface area contributed by atoms with Crippen LogP contribution in [0.4, 0.5) is 0 Å². The van der Waals surface area contributed by atoms with E-state index in [4.69, 9.17) is 5.73 Å². The summed E-state index contributed by atoms with van der Waals surface area (Å²) in [5.41, 5.74) is 10.0. The van der Waals surface area contributed by atoms with Gasteiger partial charge in [-0.3, -0.25) is 9.89 Å². The van der Waals surface area contributed by atoms with Crippen molar-refractivity contribution in [1.29, 1.82) is 0 Å². The lowest BCUT2D eigenvalue weighted by molar-refractivity contribution is 0.0727. The van der Waals surface area contributed by atoms with Crippen LogP contribution in [0.25, 0.3) is 0 Å². The van der Waals surface area contributed by atoms with Crippen LogP contribution in [0.3, 0.4) is 0 Å². The van der Waals surface area contributed by atoms with Crippen molar-refractivity contribution in [3.63, 3.8) is 0 Å². The lowest BCUT2D eigenvalue weighted by atomic mass is 9.81. The molecule has 0 saturated heterocycles. The summed E-state index contributed by atoms with van der Waals surface area (Å²) < 4.78 is 1.87. The van der Waals surface area contributed by atoms with Crippen molar-refractivity contribution in [3.8, 4) is 0 Å². The maximum absolute atomic E-state index is 13.0. The molecule has 0 radical (unpaired) electrons. The number of hydrogen-bond acceptors (Lipinski definition) is 5. The highest BCUT2D eigenvalue weighted by atomic mass is 16.2. The fraction of sp³-hybridized carbons (Fsp3) is 0.684. The van der Waals surface area contributed by atoms with E-state index in [1.165, 1.54) is 36.2 Å². The Morgan fingerprint density at radius 3 is 2.74 bits per heavy atom. The minimum atomic E-state index is -0.0276. The number of fused-ring (bicyclic) bond motifs is 1. The van der Waals surface area contributed by atoms with Crippen LogP contribution in [0.15, 0.2) is 6.20 Å². The molecule has 3 aliphatic rings. The van der Waals surface area contributed by atoms with Crippen LogP contribution in [-0.4, -0.2) is 48.6 Å². The van der Waals surface area contributed by atoms with Gasteiger partial charge in [0.1, 0.15) is 0 Å². The van der Waals surface area contributed by atoms with Crippen molar-refractivity contribution in [2.24, 2.45) is 5.73 Å². The fourth-order valence-electron chi connectivity index (χ4n) is 4.59. The number of nitrogens with two attached hydrogens (primary N) is 1. The zero-order chi connectivity index (χ0) is 18.4. The van der Waals surface area contributed by atoms with E-state index < -0.39 is 0 Å². The standard InChI is InChI=1S/C19H27N7O/c20-13-4-6-14(7-5-13)26-11-17(22-24-26)19(27)25-9-8-16-15(10-25)18(23-21-16)12-2-1-3-12/h11-14H,1-10,20H2,(H,21,23). The summed E-state index contributed by atoms with van der Waals surface area (Å²) in [6, 6.07) is 0.610. The molecule has 5 rings (SSSR count). The number of H-pyrrole nitrogens is 1. The van der Waals surface area contributed by atoms with Crippen LogP contribution in [0.5, 0.6) is 0 Å². The molecule has 8 nitrogen and oxygen atoms in total. The van der Waals surface area contributed by atoms with E-state index in [2.05, 4.69) is 20.5 Å². The second-order valence-electron chi connectivity index (χ2n) is 8.32. The van der Waals surface area contributed by atoms with Crippen molar-refractivity contribution >= 4 is 5.91 Å². The van der Waals surface area contributed by atoms with Crippen molar-refractivity contribution in [1.82, 2.24) is 30.1 Å². The summed E-state index contributed by atoms with van der Waals surface area (Å²) in [7, 11) is 0. The molecule has 3 N–H and O–H groups in total. The van der Waals surface area contributed by atoms with Gasteiger partial charge < -0.3 is 10.6 Å². The quantitative estimate of drug-likeness (QED) is 0.860. The SMILES string of the molecule is NC1CCC(n2cc(C(=O)N3CCc4[nH]nc(C5CCC5)c4C3)nn2)CC1. The van der Waals surface area contributed by atoms with E-state index in [1.807, 2.05) is 15.8 Å². The monoisotopic (exact) mass is 369 g/mol. The minimum absolute atomic E-state index is 0.0276. The Bertz CT molecular complexity index is 829. The van der Waals surface area contributed by atoms with Crippen LogP contribution >= 0.6 is 0 Å². The molecule has 0 atom stereocenters. The molecule has 1 amide bonds. The van der Waals surface area contributed by atoms with Crippen molar-refractivity contribution in [3.05, 3.63) is 28.8 Å². The first-order chi connectivity index (χ1) is 13.2. The molecule has 0 spiro atoms. The van der Waals surface area contributed by atoms with Crippen LogP contribution in [-0.2, 0) is 13.0 Å². The third-order valence-electron chi connectivity index (χ3n) is 6.59. The van der Waals surface area contributed by atoms with Gasteiger partial charge in [0.2, 0.25) is 0 Å². The van der Waals surface area contributed by atoms with Gasteiger partial charge in [-0.2, -0.15) is 5.10 Å². The lowest BCUT2D eigenvalue weighted by Gasteiger charge is -2.29. The van der Waals surface area contributed by atoms with E-state index >= 15 is 0 Å². The molecular formula is C19H27N7O. The van der Waals surface area contributed by atoms with Crippen LogP contribution in [0.1, 0.15) is 84.3 Å². The molecule has 144 valence electrons. The van der Waals surface area contributed by atoms with Crippen molar-refractivity contribution in [2.45, 2.75) is 75.9 Å². The molecule has 1 aliphatic heterocycles. The molecule has 2 aliphatic carbocycles. The van der Waals surface area contributed by atoms with E-state index in [1.54, 1.807) is 0 Å². The van der Waals surface area contributed by atoms with Crippen LogP contribution in [0, 0.1) is 0 Å². The van der Waals surface area contributed by atoms with Gasteiger partial charge in [0.25, 0.3) is 5.91 Å². The first kappa shape index (κ1) is 16.9. The average Bonchev–Trinajstić information content (AvgIpc) is 3.28. The zero-order valence-electron chi connectivity index (χ0n) is 15.6. The number of carbonyl (C=O) groups is 1. The van der Waals surface area contributed by atoms with Gasteiger partial charge in [-0.25, -0.2) is 4.68 Å². The first-order valence-electron chi connectivity index (χ1n) is 10.2. The molecule has 8 heteroatoms. The molecule has 2 aromatic rings. The van der Waals surface area contributed by atoms with Gasteiger partial charge >= 0.3 is 0 Å². The second-order valence-corrected chi connectivity index (χ2v) is 8.32. The number of nitrogens with one attached hydrogen (secondary N) is 1. The highest BCUT2D eigenvalue weighted by Crippen LogP contribution is 2.39. The predicted octanol–water partition coefficient (Wildman–Crippen LogP) is 1.91. The number of aromatic amines is 1. The number of nitrogens with zero attached hydrogens (tertiary/aromatic N) is 5. The lowest BCUT2D eigenvalue weighted by Crippen LogP contribution is -2.36. The molecule has 3 heterocycles. The van der Waals surface area contributed by atoms with Gasteiger partial charge in [0.15, 0.2) is 5.69 Å². The Balaban J connectivity index is 1.30. The molecule has 0 bridgehead atoms. The number of amides is 1. The Morgan fingerprint density at radius 1 is 1.19 bits per heavy atom. The summed E-state index contributed by atoms with van der Waals surface area (Å²) in [6.45, 7) is 1.32. The average molecular weight is 369 g/mol. The second kappa shape index (κ2) is 6.74. The summed E-state index contributed by atoms with van der Waals surface area (Å²) in [4.78, 5) is 14.9. The summed E-state index contributed by atoms with van der Waals surface area (Å²) in [5, 5.41) is 16.2. The van der Waals surface area contributed by atoms with Gasteiger partial charge in [-0.15, -0.1) is 5.10 Å².